The minimum Gasteiger partial charge on any atom is -0.388 e. The molecule has 0 aromatic heterocycles. The lowest BCUT2D eigenvalue weighted by Crippen LogP contribution is -2.34. The third kappa shape index (κ3) is 4.66. The Balaban J connectivity index is 1.90. The average Bonchev–Trinajstić information content (AvgIpc) is 2.76. The smallest absolute Gasteiger partial charge is 0.151 e. The van der Waals surface area contributed by atoms with Crippen LogP contribution in [0, 0.1) is 0 Å². The molecule has 0 bridgehead atoms. The molecule has 21 heavy (non-hydrogen) atoms. The van der Waals surface area contributed by atoms with E-state index in [4.69, 9.17) is 11.6 Å². The molecule has 1 saturated heterocycles. The zero-order valence-corrected chi connectivity index (χ0v) is 15.0. The van der Waals surface area contributed by atoms with Gasteiger partial charge in [0.05, 0.1) is 17.6 Å². The summed E-state index contributed by atoms with van der Waals surface area (Å²) in [6, 6.07) is 5.46. The highest BCUT2D eigenvalue weighted by molar-refractivity contribution is 9.10. The van der Waals surface area contributed by atoms with Crippen molar-refractivity contribution < 1.29 is 13.5 Å². The first kappa shape index (κ1) is 17.2. The molecule has 2 atom stereocenters. The van der Waals surface area contributed by atoms with E-state index in [9.17, 15) is 13.5 Å². The van der Waals surface area contributed by atoms with Crippen molar-refractivity contribution in [3.8, 4) is 0 Å². The first-order valence-corrected chi connectivity index (χ1v) is 9.81. The topological polar surface area (TPSA) is 57.6 Å². The Labute approximate surface area is 139 Å². The van der Waals surface area contributed by atoms with E-state index in [-0.39, 0.29) is 17.5 Å². The standard InChI is InChI=1S/C14H19BrClNO3S/c1-17(11-5-7-21(19,20)9-11)6-4-14(18)12-3-2-10(15)8-13(12)16/h2-3,8,11,14,18H,4-7,9H2,1H3. The van der Waals surface area contributed by atoms with E-state index in [0.717, 1.165) is 4.47 Å². The van der Waals surface area contributed by atoms with Crippen LogP contribution in [0.3, 0.4) is 0 Å². The van der Waals surface area contributed by atoms with E-state index in [1.165, 1.54) is 0 Å². The molecule has 2 rings (SSSR count). The number of sulfone groups is 1. The Kier molecular flexibility index (Phi) is 5.71. The number of halogens is 2. The normalized spacial score (nSPS) is 22.6. The van der Waals surface area contributed by atoms with Crippen LogP contribution in [0.4, 0.5) is 0 Å². The highest BCUT2D eigenvalue weighted by atomic mass is 79.9. The molecule has 0 aliphatic carbocycles. The van der Waals surface area contributed by atoms with Gasteiger partial charge in [0.25, 0.3) is 0 Å². The van der Waals surface area contributed by atoms with Gasteiger partial charge in [0.15, 0.2) is 9.84 Å². The lowest BCUT2D eigenvalue weighted by Gasteiger charge is -2.24. The fourth-order valence-electron chi connectivity index (χ4n) is 2.56. The third-order valence-electron chi connectivity index (χ3n) is 3.91. The van der Waals surface area contributed by atoms with Crippen LogP contribution < -0.4 is 0 Å². The molecule has 1 aromatic carbocycles. The van der Waals surface area contributed by atoms with Gasteiger partial charge in [0.2, 0.25) is 0 Å². The summed E-state index contributed by atoms with van der Waals surface area (Å²) < 4.78 is 23.8. The Hall–Kier alpha value is -0.140. The van der Waals surface area contributed by atoms with Crippen LogP contribution in [-0.2, 0) is 9.84 Å². The van der Waals surface area contributed by atoms with E-state index in [1.807, 2.05) is 18.0 Å². The molecule has 118 valence electrons. The lowest BCUT2D eigenvalue weighted by molar-refractivity contribution is 0.140. The summed E-state index contributed by atoms with van der Waals surface area (Å²) in [7, 11) is -0.969. The van der Waals surface area contributed by atoms with Crippen LogP contribution in [0.5, 0.6) is 0 Å². The van der Waals surface area contributed by atoms with Gasteiger partial charge < -0.3 is 10.0 Å². The zero-order chi connectivity index (χ0) is 15.6. The molecule has 1 aliphatic heterocycles. The first-order valence-electron chi connectivity index (χ1n) is 6.82. The van der Waals surface area contributed by atoms with E-state index in [1.54, 1.807) is 12.1 Å². The summed E-state index contributed by atoms with van der Waals surface area (Å²) >= 11 is 9.45. The fourth-order valence-corrected chi connectivity index (χ4v) is 5.16. The molecule has 1 aromatic rings. The van der Waals surface area contributed by atoms with E-state index in [0.29, 0.717) is 30.0 Å². The van der Waals surface area contributed by atoms with Crippen molar-refractivity contribution in [1.29, 1.82) is 0 Å². The number of hydrogen-bond acceptors (Lipinski definition) is 4. The van der Waals surface area contributed by atoms with Gasteiger partial charge in [-0.15, -0.1) is 0 Å². The van der Waals surface area contributed by atoms with Crippen LogP contribution in [0.1, 0.15) is 24.5 Å². The lowest BCUT2D eigenvalue weighted by atomic mass is 10.1. The molecular formula is C14H19BrClNO3S. The van der Waals surface area contributed by atoms with Crippen molar-refractivity contribution in [3.63, 3.8) is 0 Å². The quantitative estimate of drug-likeness (QED) is 0.831. The van der Waals surface area contributed by atoms with Gasteiger partial charge in [0, 0.05) is 22.1 Å². The van der Waals surface area contributed by atoms with E-state index in [2.05, 4.69) is 15.9 Å². The van der Waals surface area contributed by atoms with Gasteiger partial charge in [0.1, 0.15) is 0 Å². The Morgan fingerprint density at radius 3 is 2.81 bits per heavy atom. The summed E-state index contributed by atoms with van der Waals surface area (Å²) in [5, 5.41) is 10.8. The largest absolute Gasteiger partial charge is 0.388 e. The highest BCUT2D eigenvalue weighted by Gasteiger charge is 2.30. The number of hydrogen-bond donors (Lipinski definition) is 1. The average molecular weight is 397 g/mol. The number of aliphatic hydroxyl groups is 1. The molecule has 0 saturated carbocycles. The second-order valence-corrected chi connectivity index (χ2v) is 9.06. The number of aliphatic hydroxyl groups excluding tert-OH is 1. The SMILES string of the molecule is CN(CCC(O)c1ccc(Br)cc1Cl)C1CCS(=O)(=O)C1. The number of nitrogens with zero attached hydrogens (tertiary/aromatic N) is 1. The molecule has 1 N–H and O–H groups in total. The number of benzene rings is 1. The third-order valence-corrected chi connectivity index (χ3v) is 6.48. The van der Waals surface area contributed by atoms with Gasteiger partial charge in [-0.3, -0.25) is 0 Å². The zero-order valence-electron chi connectivity index (χ0n) is 11.8. The summed E-state index contributed by atoms with van der Waals surface area (Å²) in [4.78, 5) is 2.01. The van der Waals surface area contributed by atoms with Crippen molar-refractivity contribution >= 4 is 37.4 Å². The monoisotopic (exact) mass is 395 g/mol. The second-order valence-electron chi connectivity index (χ2n) is 5.51. The molecule has 1 aliphatic rings. The molecule has 0 amide bonds. The molecule has 0 spiro atoms. The minimum atomic E-state index is -2.87. The maximum Gasteiger partial charge on any atom is 0.151 e. The Bertz CT molecular complexity index is 608. The van der Waals surface area contributed by atoms with Gasteiger partial charge in [-0.05, 0) is 37.6 Å². The predicted octanol–water partition coefficient (Wildman–Crippen LogP) is 2.64. The molecule has 2 unspecified atom stereocenters. The molecule has 0 radical (unpaired) electrons. The minimum absolute atomic E-state index is 0.0580. The molecular weight excluding hydrogens is 378 g/mol. The Morgan fingerprint density at radius 2 is 2.24 bits per heavy atom. The van der Waals surface area contributed by atoms with Crippen LogP contribution >= 0.6 is 27.5 Å². The maximum absolute atomic E-state index is 11.5. The van der Waals surface area contributed by atoms with Crippen molar-refractivity contribution in [2.75, 3.05) is 25.1 Å². The highest BCUT2D eigenvalue weighted by Crippen LogP contribution is 2.28. The molecule has 7 heteroatoms. The van der Waals surface area contributed by atoms with Crippen LogP contribution in [0.2, 0.25) is 5.02 Å². The van der Waals surface area contributed by atoms with Crippen molar-refractivity contribution in [1.82, 2.24) is 4.90 Å². The summed E-state index contributed by atoms with van der Waals surface area (Å²) in [5.74, 6) is 0.488. The summed E-state index contributed by atoms with van der Waals surface area (Å²) in [5.41, 5.74) is 0.701. The van der Waals surface area contributed by atoms with Crippen molar-refractivity contribution in [2.45, 2.75) is 25.0 Å². The van der Waals surface area contributed by atoms with Crippen molar-refractivity contribution in [3.05, 3.63) is 33.3 Å². The first-order chi connectivity index (χ1) is 9.78. The van der Waals surface area contributed by atoms with Crippen LogP contribution in [-0.4, -0.2) is 49.6 Å². The molecule has 1 heterocycles. The van der Waals surface area contributed by atoms with Gasteiger partial charge in [-0.25, -0.2) is 8.42 Å². The molecule has 4 nitrogen and oxygen atoms in total. The van der Waals surface area contributed by atoms with E-state index < -0.39 is 15.9 Å². The van der Waals surface area contributed by atoms with E-state index >= 15 is 0 Å². The summed E-state index contributed by atoms with van der Waals surface area (Å²) in [6.07, 6.45) is 0.550. The van der Waals surface area contributed by atoms with Gasteiger partial charge in [-0.2, -0.15) is 0 Å². The fraction of sp³-hybridized carbons (Fsp3) is 0.571. The maximum atomic E-state index is 11.5. The van der Waals surface area contributed by atoms with Crippen molar-refractivity contribution in [2.24, 2.45) is 0 Å². The van der Waals surface area contributed by atoms with Gasteiger partial charge >= 0.3 is 0 Å². The summed E-state index contributed by atoms with van der Waals surface area (Å²) in [6.45, 7) is 0.633. The number of rotatable bonds is 5. The van der Waals surface area contributed by atoms with Crippen LogP contribution in [0.25, 0.3) is 0 Å². The predicted molar refractivity (Wildman–Crippen MR) is 88.4 cm³/mol. The van der Waals surface area contributed by atoms with Gasteiger partial charge in [-0.1, -0.05) is 33.6 Å². The van der Waals surface area contributed by atoms with Crippen LogP contribution in [0.15, 0.2) is 22.7 Å². The Morgan fingerprint density at radius 1 is 1.52 bits per heavy atom. The molecule has 1 fully saturated rings. The second kappa shape index (κ2) is 6.96.